The van der Waals surface area contributed by atoms with Crippen LogP contribution in [0.4, 0.5) is 0 Å². The zero-order chi connectivity index (χ0) is 10.4. The van der Waals surface area contributed by atoms with Gasteiger partial charge in [-0.25, -0.2) is 0 Å². The lowest BCUT2D eigenvalue weighted by atomic mass is 10.1. The van der Waals surface area contributed by atoms with E-state index < -0.39 is 0 Å². The normalized spacial score (nSPS) is 10.5. The maximum absolute atomic E-state index is 10.4. The second-order valence-electron chi connectivity index (χ2n) is 3.32. The van der Waals surface area contributed by atoms with E-state index in [2.05, 4.69) is 18.7 Å². The third kappa shape index (κ3) is 2.96. The molecule has 0 radical (unpaired) electrons. The molecule has 1 rings (SSSR count). The molecule has 0 N–H and O–H groups in total. The fourth-order valence-corrected chi connectivity index (χ4v) is 1.41. The van der Waals surface area contributed by atoms with Gasteiger partial charge < -0.3 is 0 Å². The summed E-state index contributed by atoms with van der Waals surface area (Å²) in [5.74, 6) is 0. The lowest BCUT2D eigenvalue weighted by Gasteiger charge is -2.17. The average molecular weight is 191 g/mol. The van der Waals surface area contributed by atoms with Gasteiger partial charge in [-0.05, 0) is 18.7 Å². The lowest BCUT2D eigenvalue weighted by Crippen LogP contribution is -2.21. The summed E-state index contributed by atoms with van der Waals surface area (Å²) in [6, 6.07) is 7.77. The van der Waals surface area contributed by atoms with E-state index in [9.17, 15) is 4.79 Å². The van der Waals surface area contributed by atoms with E-state index in [1.165, 1.54) is 5.56 Å². The predicted octanol–water partition coefficient (Wildman–Crippen LogP) is 2.34. The molecule has 0 saturated carbocycles. The Morgan fingerprint density at radius 2 is 1.71 bits per heavy atom. The van der Waals surface area contributed by atoms with Crippen LogP contribution in [-0.2, 0) is 6.54 Å². The molecular weight excluding hydrogens is 174 g/mol. The van der Waals surface area contributed by atoms with E-state index in [0.29, 0.717) is 0 Å². The van der Waals surface area contributed by atoms with Crippen molar-refractivity contribution in [1.82, 2.24) is 4.90 Å². The number of aldehydes is 1. The van der Waals surface area contributed by atoms with Gasteiger partial charge in [0.05, 0.1) is 0 Å². The summed E-state index contributed by atoms with van der Waals surface area (Å²) in [4.78, 5) is 12.8. The van der Waals surface area contributed by atoms with Gasteiger partial charge in [-0.1, -0.05) is 38.1 Å². The van der Waals surface area contributed by atoms with Gasteiger partial charge in [-0.15, -0.1) is 0 Å². The number of nitrogens with zero attached hydrogens (tertiary/aromatic N) is 1. The molecule has 76 valence electrons. The number of rotatable bonds is 5. The Labute approximate surface area is 85.5 Å². The van der Waals surface area contributed by atoms with Gasteiger partial charge >= 0.3 is 0 Å². The first-order valence-corrected chi connectivity index (χ1v) is 5.06. The number of hydrogen-bond acceptors (Lipinski definition) is 2. The van der Waals surface area contributed by atoms with Crippen molar-refractivity contribution in [2.24, 2.45) is 0 Å². The first kappa shape index (κ1) is 10.9. The molecule has 0 aliphatic rings. The van der Waals surface area contributed by atoms with E-state index in [1.54, 1.807) is 0 Å². The minimum atomic E-state index is 0.744. The Kier molecular flexibility index (Phi) is 4.33. The topological polar surface area (TPSA) is 20.3 Å². The molecule has 2 heteroatoms. The van der Waals surface area contributed by atoms with Gasteiger partial charge in [0, 0.05) is 12.1 Å². The highest BCUT2D eigenvalue weighted by Crippen LogP contribution is 2.05. The van der Waals surface area contributed by atoms with Crippen LogP contribution in [0, 0.1) is 0 Å². The molecule has 0 aliphatic heterocycles. The van der Waals surface area contributed by atoms with Crippen molar-refractivity contribution in [2.45, 2.75) is 20.4 Å². The van der Waals surface area contributed by atoms with Crippen LogP contribution in [0.3, 0.4) is 0 Å². The van der Waals surface area contributed by atoms with Crippen LogP contribution in [0.5, 0.6) is 0 Å². The highest BCUT2D eigenvalue weighted by atomic mass is 16.1. The van der Waals surface area contributed by atoms with Crippen molar-refractivity contribution in [3.05, 3.63) is 35.4 Å². The summed E-state index contributed by atoms with van der Waals surface area (Å²) in [6.45, 7) is 7.40. The molecule has 0 atom stereocenters. The summed E-state index contributed by atoms with van der Waals surface area (Å²) in [7, 11) is 0. The SMILES string of the molecule is CCN(CC)Cc1ccc(C=O)cc1. The monoisotopic (exact) mass is 191 g/mol. The molecule has 0 fully saturated rings. The summed E-state index contributed by atoms with van der Waals surface area (Å²) in [5, 5.41) is 0. The molecule has 2 nitrogen and oxygen atoms in total. The van der Waals surface area contributed by atoms with E-state index in [0.717, 1.165) is 31.5 Å². The maximum atomic E-state index is 10.4. The molecule has 14 heavy (non-hydrogen) atoms. The molecule has 1 aromatic rings. The van der Waals surface area contributed by atoms with Crippen molar-refractivity contribution in [1.29, 1.82) is 0 Å². The van der Waals surface area contributed by atoms with Crippen molar-refractivity contribution in [3.63, 3.8) is 0 Å². The minimum absolute atomic E-state index is 0.744. The highest BCUT2D eigenvalue weighted by Gasteiger charge is 2.00. The Bertz CT molecular complexity index is 275. The Morgan fingerprint density at radius 3 is 2.14 bits per heavy atom. The number of carbonyl (C=O) groups is 1. The van der Waals surface area contributed by atoms with Gasteiger partial charge in [-0.3, -0.25) is 9.69 Å². The van der Waals surface area contributed by atoms with Crippen LogP contribution in [0.2, 0.25) is 0 Å². The van der Waals surface area contributed by atoms with Crippen molar-refractivity contribution >= 4 is 6.29 Å². The fraction of sp³-hybridized carbons (Fsp3) is 0.417. The van der Waals surface area contributed by atoms with Crippen LogP contribution in [-0.4, -0.2) is 24.3 Å². The predicted molar refractivity (Wildman–Crippen MR) is 58.5 cm³/mol. The minimum Gasteiger partial charge on any atom is -0.300 e. The molecular formula is C12H17NO. The highest BCUT2D eigenvalue weighted by molar-refractivity contribution is 5.74. The van der Waals surface area contributed by atoms with Crippen LogP contribution in [0.1, 0.15) is 29.8 Å². The maximum Gasteiger partial charge on any atom is 0.150 e. The van der Waals surface area contributed by atoms with Gasteiger partial charge in [0.25, 0.3) is 0 Å². The molecule has 0 bridgehead atoms. The van der Waals surface area contributed by atoms with Crippen molar-refractivity contribution in [2.75, 3.05) is 13.1 Å². The third-order valence-corrected chi connectivity index (χ3v) is 2.42. The van der Waals surface area contributed by atoms with Crippen LogP contribution in [0.25, 0.3) is 0 Å². The molecule has 0 aromatic heterocycles. The fourth-order valence-electron chi connectivity index (χ4n) is 1.41. The molecule has 0 unspecified atom stereocenters. The molecule has 1 aromatic carbocycles. The second-order valence-corrected chi connectivity index (χ2v) is 3.32. The summed E-state index contributed by atoms with van der Waals surface area (Å²) in [6.07, 6.45) is 0.876. The molecule has 0 spiro atoms. The van der Waals surface area contributed by atoms with Crippen molar-refractivity contribution < 1.29 is 4.79 Å². The summed E-state index contributed by atoms with van der Waals surface area (Å²) >= 11 is 0. The Morgan fingerprint density at radius 1 is 1.14 bits per heavy atom. The molecule has 0 amide bonds. The first-order chi connectivity index (χ1) is 6.80. The molecule has 0 heterocycles. The number of hydrogen-bond donors (Lipinski definition) is 0. The van der Waals surface area contributed by atoms with Crippen LogP contribution in [0.15, 0.2) is 24.3 Å². The van der Waals surface area contributed by atoms with Gasteiger partial charge in [-0.2, -0.15) is 0 Å². The summed E-state index contributed by atoms with van der Waals surface area (Å²) in [5.41, 5.74) is 2.01. The van der Waals surface area contributed by atoms with Crippen LogP contribution < -0.4 is 0 Å². The standard InChI is InChI=1S/C12H17NO/c1-3-13(4-2)9-11-5-7-12(10-14)8-6-11/h5-8,10H,3-4,9H2,1-2H3. The van der Waals surface area contributed by atoms with Gasteiger partial charge in [0.1, 0.15) is 6.29 Å². The van der Waals surface area contributed by atoms with Gasteiger partial charge in [0.15, 0.2) is 0 Å². The van der Waals surface area contributed by atoms with E-state index in [-0.39, 0.29) is 0 Å². The zero-order valence-electron chi connectivity index (χ0n) is 8.86. The second kappa shape index (κ2) is 5.55. The Hall–Kier alpha value is -1.15. The Balaban J connectivity index is 2.63. The number of benzene rings is 1. The third-order valence-electron chi connectivity index (χ3n) is 2.42. The average Bonchev–Trinajstić information content (AvgIpc) is 2.26. The first-order valence-electron chi connectivity index (χ1n) is 5.06. The van der Waals surface area contributed by atoms with Gasteiger partial charge in [0.2, 0.25) is 0 Å². The molecule has 0 saturated heterocycles. The van der Waals surface area contributed by atoms with E-state index in [1.807, 2.05) is 24.3 Å². The van der Waals surface area contributed by atoms with Crippen molar-refractivity contribution in [3.8, 4) is 0 Å². The molecule has 0 aliphatic carbocycles. The van der Waals surface area contributed by atoms with Crippen LogP contribution >= 0.6 is 0 Å². The van der Waals surface area contributed by atoms with E-state index in [4.69, 9.17) is 0 Å². The quantitative estimate of drug-likeness (QED) is 0.666. The largest absolute Gasteiger partial charge is 0.300 e. The number of carbonyl (C=O) groups excluding carboxylic acids is 1. The van der Waals surface area contributed by atoms with E-state index >= 15 is 0 Å². The zero-order valence-corrected chi connectivity index (χ0v) is 8.86. The smallest absolute Gasteiger partial charge is 0.150 e. The summed E-state index contributed by atoms with van der Waals surface area (Å²) < 4.78 is 0. The lowest BCUT2D eigenvalue weighted by molar-refractivity contribution is 0.112.